The molecule has 0 aliphatic rings. The van der Waals surface area contributed by atoms with Gasteiger partial charge in [-0.25, -0.2) is 4.98 Å². The van der Waals surface area contributed by atoms with E-state index >= 15 is 0 Å². The molecule has 0 radical (unpaired) electrons. The molecule has 0 saturated carbocycles. The molecule has 3 rings (SSSR count). The highest BCUT2D eigenvalue weighted by molar-refractivity contribution is 5.78. The van der Waals surface area contributed by atoms with Crippen molar-refractivity contribution < 1.29 is 4.74 Å². The first-order valence-electron chi connectivity index (χ1n) is 6.78. The average Bonchev–Trinajstić information content (AvgIpc) is 2.56. The largest absolute Gasteiger partial charge is 0.497 e. The van der Waals surface area contributed by atoms with Crippen molar-refractivity contribution in [3.63, 3.8) is 0 Å². The van der Waals surface area contributed by atoms with Crippen molar-refractivity contribution in [2.24, 2.45) is 0 Å². The van der Waals surface area contributed by atoms with E-state index in [-0.39, 0.29) is 0 Å². The first-order valence-corrected chi connectivity index (χ1v) is 6.78. The maximum absolute atomic E-state index is 5.20. The Balaban J connectivity index is 1.95. The quantitative estimate of drug-likeness (QED) is 0.761. The van der Waals surface area contributed by atoms with E-state index in [0.29, 0.717) is 0 Å². The highest BCUT2D eigenvalue weighted by Gasteiger charge is 2.06. The molecule has 0 fully saturated rings. The van der Waals surface area contributed by atoms with Crippen molar-refractivity contribution in [2.45, 2.75) is 0 Å². The third-order valence-electron chi connectivity index (χ3n) is 3.25. The first kappa shape index (κ1) is 13.2. The third kappa shape index (κ3) is 3.03. The van der Waals surface area contributed by atoms with Crippen molar-refractivity contribution >= 4 is 11.5 Å². The Bertz CT molecular complexity index is 709. The summed E-state index contributed by atoms with van der Waals surface area (Å²) in [6.07, 6.45) is 1.79. The molecule has 0 amide bonds. The van der Waals surface area contributed by atoms with Crippen LogP contribution < -0.4 is 10.1 Å². The molecule has 0 saturated heterocycles. The minimum Gasteiger partial charge on any atom is -0.497 e. The molecule has 1 heterocycles. The molecule has 1 aromatic heterocycles. The molecule has 0 bridgehead atoms. The van der Waals surface area contributed by atoms with Crippen molar-refractivity contribution in [2.75, 3.05) is 12.4 Å². The van der Waals surface area contributed by atoms with E-state index in [1.807, 2.05) is 60.7 Å². The first-order chi connectivity index (χ1) is 10.4. The van der Waals surface area contributed by atoms with E-state index < -0.39 is 0 Å². The van der Waals surface area contributed by atoms with Crippen LogP contribution >= 0.6 is 0 Å². The number of ether oxygens (including phenoxy) is 1. The van der Waals surface area contributed by atoms with Crippen LogP contribution in [0.3, 0.4) is 0 Å². The topological polar surface area (TPSA) is 34.1 Å². The Hall–Kier alpha value is -2.81. The fourth-order valence-corrected chi connectivity index (χ4v) is 2.17. The lowest BCUT2D eigenvalue weighted by Crippen LogP contribution is -1.96. The maximum Gasteiger partial charge on any atom is 0.138 e. The zero-order valence-electron chi connectivity index (χ0n) is 11.8. The Labute approximate surface area is 124 Å². The molecule has 3 nitrogen and oxygen atoms in total. The number of pyridine rings is 1. The van der Waals surface area contributed by atoms with Gasteiger partial charge in [0.2, 0.25) is 0 Å². The number of hydrogen-bond acceptors (Lipinski definition) is 3. The van der Waals surface area contributed by atoms with E-state index in [1.165, 1.54) is 0 Å². The predicted molar refractivity (Wildman–Crippen MR) is 85.9 cm³/mol. The lowest BCUT2D eigenvalue weighted by atomic mass is 10.1. The standard InChI is InChI=1S/C18H16N2O/c1-21-16-11-9-14(10-12-16)17-8-5-13-19-18(17)20-15-6-3-2-4-7-15/h2-13H,1H3,(H,19,20). The van der Waals surface area contributed by atoms with E-state index in [2.05, 4.69) is 16.4 Å². The van der Waals surface area contributed by atoms with Crippen LogP contribution in [-0.2, 0) is 0 Å². The number of aromatic nitrogens is 1. The Kier molecular flexibility index (Phi) is 3.83. The Morgan fingerprint density at radius 3 is 2.33 bits per heavy atom. The average molecular weight is 276 g/mol. The number of rotatable bonds is 4. The molecule has 0 unspecified atom stereocenters. The molecule has 2 aromatic carbocycles. The van der Waals surface area contributed by atoms with E-state index in [0.717, 1.165) is 28.4 Å². The summed E-state index contributed by atoms with van der Waals surface area (Å²) in [5.41, 5.74) is 3.18. The monoisotopic (exact) mass is 276 g/mol. The van der Waals surface area contributed by atoms with Gasteiger partial charge in [-0.2, -0.15) is 0 Å². The van der Waals surface area contributed by atoms with Gasteiger partial charge in [0.05, 0.1) is 7.11 Å². The van der Waals surface area contributed by atoms with Crippen LogP contribution in [0.25, 0.3) is 11.1 Å². The summed E-state index contributed by atoms with van der Waals surface area (Å²) in [6.45, 7) is 0. The van der Waals surface area contributed by atoms with Crippen molar-refractivity contribution in [3.05, 3.63) is 72.9 Å². The summed E-state index contributed by atoms with van der Waals surface area (Å²) in [6, 6.07) is 22.0. The number of benzene rings is 2. The van der Waals surface area contributed by atoms with Gasteiger partial charge < -0.3 is 10.1 Å². The minimum absolute atomic E-state index is 0.842. The van der Waals surface area contributed by atoms with E-state index in [4.69, 9.17) is 4.74 Å². The lowest BCUT2D eigenvalue weighted by molar-refractivity contribution is 0.415. The van der Waals surface area contributed by atoms with Gasteiger partial charge in [-0.1, -0.05) is 30.3 Å². The molecular weight excluding hydrogens is 260 g/mol. The summed E-state index contributed by atoms with van der Waals surface area (Å²) < 4.78 is 5.20. The number of para-hydroxylation sites is 1. The highest BCUT2D eigenvalue weighted by atomic mass is 16.5. The second-order valence-electron chi connectivity index (χ2n) is 4.62. The minimum atomic E-state index is 0.842. The van der Waals surface area contributed by atoms with Crippen molar-refractivity contribution in [1.82, 2.24) is 4.98 Å². The summed E-state index contributed by atoms with van der Waals surface area (Å²) >= 11 is 0. The Morgan fingerprint density at radius 2 is 1.62 bits per heavy atom. The van der Waals surface area contributed by atoms with Gasteiger partial charge in [-0.3, -0.25) is 0 Å². The van der Waals surface area contributed by atoms with E-state index in [1.54, 1.807) is 13.3 Å². The van der Waals surface area contributed by atoms with Gasteiger partial charge in [0.1, 0.15) is 11.6 Å². The molecule has 0 aliphatic heterocycles. The number of nitrogens with zero attached hydrogens (tertiary/aromatic N) is 1. The van der Waals surface area contributed by atoms with Crippen LogP contribution in [0.5, 0.6) is 5.75 Å². The maximum atomic E-state index is 5.20. The molecule has 21 heavy (non-hydrogen) atoms. The summed E-state index contributed by atoms with van der Waals surface area (Å²) in [4.78, 5) is 4.45. The van der Waals surface area contributed by atoms with Crippen LogP contribution in [-0.4, -0.2) is 12.1 Å². The smallest absolute Gasteiger partial charge is 0.138 e. The molecule has 104 valence electrons. The fourth-order valence-electron chi connectivity index (χ4n) is 2.17. The van der Waals surface area contributed by atoms with Gasteiger partial charge in [0.25, 0.3) is 0 Å². The second kappa shape index (κ2) is 6.09. The number of nitrogens with one attached hydrogen (secondary N) is 1. The van der Waals surface area contributed by atoms with Gasteiger partial charge in [0.15, 0.2) is 0 Å². The number of hydrogen-bond donors (Lipinski definition) is 1. The molecule has 1 N–H and O–H groups in total. The molecule has 0 aliphatic carbocycles. The molecule has 3 heteroatoms. The van der Waals surface area contributed by atoms with E-state index in [9.17, 15) is 0 Å². The summed E-state index contributed by atoms with van der Waals surface area (Å²) in [5, 5.41) is 3.36. The van der Waals surface area contributed by atoms with Gasteiger partial charge in [-0.15, -0.1) is 0 Å². The predicted octanol–water partition coefficient (Wildman–Crippen LogP) is 4.50. The van der Waals surface area contributed by atoms with Crippen LogP contribution in [0.4, 0.5) is 11.5 Å². The number of methoxy groups -OCH3 is 1. The zero-order chi connectivity index (χ0) is 14.5. The summed E-state index contributed by atoms with van der Waals surface area (Å²) in [7, 11) is 1.67. The molecule has 3 aromatic rings. The highest BCUT2D eigenvalue weighted by Crippen LogP contribution is 2.29. The second-order valence-corrected chi connectivity index (χ2v) is 4.62. The Morgan fingerprint density at radius 1 is 0.857 bits per heavy atom. The van der Waals surface area contributed by atoms with Crippen molar-refractivity contribution in [1.29, 1.82) is 0 Å². The van der Waals surface area contributed by atoms with Crippen LogP contribution in [0.2, 0.25) is 0 Å². The zero-order valence-corrected chi connectivity index (χ0v) is 11.8. The van der Waals surface area contributed by atoms with Crippen molar-refractivity contribution in [3.8, 4) is 16.9 Å². The molecule has 0 atom stereocenters. The van der Waals surface area contributed by atoms with Crippen LogP contribution in [0, 0.1) is 0 Å². The van der Waals surface area contributed by atoms with Gasteiger partial charge in [0, 0.05) is 17.4 Å². The number of anilines is 2. The normalized spacial score (nSPS) is 10.1. The third-order valence-corrected chi connectivity index (χ3v) is 3.25. The molecular formula is C18H16N2O. The van der Waals surface area contributed by atoms with Gasteiger partial charge >= 0.3 is 0 Å². The SMILES string of the molecule is COc1ccc(-c2cccnc2Nc2ccccc2)cc1. The van der Waals surface area contributed by atoms with Gasteiger partial charge in [-0.05, 0) is 42.0 Å². The lowest BCUT2D eigenvalue weighted by Gasteiger charge is -2.11. The summed E-state index contributed by atoms with van der Waals surface area (Å²) in [5.74, 6) is 1.69. The van der Waals surface area contributed by atoms with Crippen LogP contribution in [0.1, 0.15) is 0 Å². The molecule has 0 spiro atoms. The fraction of sp³-hybridized carbons (Fsp3) is 0.0556. The van der Waals surface area contributed by atoms with Crippen LogP contribution in [0.15, 0.2) is 72.9 Å².